The van der Waals surface area contributed by atoms with Crippen molar-refractivity contribution in [2.45, 2.75) is 50.6 Å². The number of amides is 2. The number of hydrogen-bond donors (Lipinski definition) is 3. The zero-order valence-electron chi connectivity index (χ0n) is 19.2. The number of benzene rings is 2. The number of ether oxygens (including phenoxy) is 1. The lowest BCUT2D eigenvalue weighted by atomic mass is 9.91. The summed E-state index contributed by atoms with van der Waals surface area (Å²) in [6, 6.07) is 15.1. The number of hydrogen-bond acceptors (Lipinski definition) is 4. The molecule has 0 saturated heterocycles. The lowest BCUT2D eigenvalue weighted by Gasteiger charge is -2.25. The van der Waals surface area contributed by atoms with Crippen molar-refractivity contribution in [3.63, 3.8) is 0 Å². The maximum absolute atomic E-state index is 12.8. The Morgan fingerprint density at radius 3 is 2.32 bits per heavy atom. The summed E-state index contributed by atoms with van der Waals surface area (Å²) in [6.07, 6.45) is 4.89. The highest BCUT2D eigenvalue weighted by Gasteiger charge is 2.30. The highest BCUT2D eigenvalue weighted by molar-refractivity contribution is 5.86. The summed E-state index contributed by atoms with van der Waals surface area (Å²) < 4.78 is 5.58. The van der Waals surface area contributed by atoms with Gasteiger partial charge in [0.25, 0.3) is 0 Å². The predicted octanol–water partition coefficient (Wildman–Crippen LogP) is 4.23. The lowest BCUT2D eigenvalue weighted by molar-refractivity contribution is -0.142. The van der Waals surface area contributed by atoms with Crippen LogP contribution in [0.2, 0.25) is 0 Å². The van der Waals surface area contributed by atoms with Crippen LogP contribution in [-0.4, -0.2) is 41.8 Å². The van der Waals surface area contributed by atoms with Crippen molar-refractivity contribution < 1.29 is 24.2 Å². The van der Waals surface area contributed by atoms with Crippen molar-refractivity contribution in [3.05, 3.63) is 71.8 Å². The summed E-state index contributed by atoms with van der Waals surface area (Å²) >= 11 is 0. The Labute approximate surface area is 199 Å². The topological polar surface area (TPSA) is 105 Å². The Hall–Kier alpha value is -3.61. The molecule has 0 saturated carbocycles. The predicted molar refractivity (Wildman–Crippen MR) is 128 cm³/mol. The van der Waals surface area contributed by atoms with E-state index in [-0.39, 0.29) is 24.5 Å². The van der Waals surface area contributed by atoms with Crippen molar-refractivity contribution in [2.24, 2.45) is 5.92 Å². The molecule has 3 atom stereocenters. The molecule has 2 aliphatic carbocycles. The fourth-order valence-electron chi connectivity index (χ4n) is 4.82. The molecule has 0 aromatic heterocycles. The van der Waals surface area contributed by atoms with Crippen LogP contribution < -0.4 is 10.6 Å². The molecule has 0 heterocycles. The van der Waals surface area contributed by atoms with Gasteiger partial charge in [-0.15, -0.1) is 0 Å². The van der Waals surface area contributed by atoms with Gasteiger partial charge < -0.3 is 20.5 Å². The molecule has 2 aromatic carbocycles. The monoisotopic (exact) mass is 462 g/mol. The second kappa shape index (κ2) is 10.5. The second-order valence-corrected chi connectivity index (χ2v) is 8.86. The van der Waals surface area contributed by atoms with Crippen molar-refractivity contribution >= 4 is 18.0 Å². The normalized spacial score (nSPS) is 19.6. The molecule has 7 heteroatoms. The van der Waals surface area contributed by atoms with Crippen LogP contribution in [0.25, 0.3) is 11.1 Å². The third-order valence-electron chi connectivity index (χ3n) is 6.53. The molecule has 0 unspecified atom stereocenters. The van der Waals surface area contributed by atoms with Crippen molar-refractivity contribution in [1.29, 1.82) is 0 Å². The van der Waals surface area contributed by atoms with E-state index in [0.717, 1.165) is 22.3 Å². The van der Waals surface area contributed by atoms with Crippen LogP contribution in [0.5, 0.6) is 0 Å². The van der Waals surface area contributed by atoms with E-state index in [0.29, 0.717) is 25.7 Å². The van der Waals surface area contributed by atoms with E-state index in [1.165, 1.54) is 0 Å². The number of carboxylic acid groups (broad SMARTS) is 1. The average Bonchev–Trinajstić information content (AvgIpc) is 3.16. The number of nitrogens with one attached hydrogen (secondary N) is 2. The summed E-state index contributed by atoms with van der Waals surface area (Å²) in [5, 5.41) is 14.8. The molecule has 0 radical (unpaired) electrons. The van der Waals surface area contributed by atoms with E-state index < -0.39 is 24.0 Å². The Morgan fingerprint density at radius 1 is 1.06 bits per heavy atom. The maximum Gasteiger partial charge on any atom is 0.407 e. The summed E-state index contributed by atoms with van der Waals surface area (Å²) in [5.41, 5.74) is 4.54. The molecular formula is C27H30N2O5. The molecule has 178 valence electrons. The van der Waals surface area contributed by atoms with Gasteiger partial charge in [-0.05, 0) is 41.5 Å². The van der Waals surface area contributed by atoms with Crippen LogP contribution in [0.15, 0.2) is 60.7 Å². The summed E-state index contributed by atoms with van der Waals surface area (Å²) in [6.45, 7) is 2.10. The van der Waals surface area contributed by atoms with Gasteiger partial charge in [-0.1, -0.05) is 74.0 Å². The third-order valence-corrected chi connectivity index (χ3v) is 6.53. The lowest BCUT2D eigenvalue weighted by Crippen LogP contribution is -2.50. The van der Waals surface area contributed by atoms with Gasteiger partial charge in [0.05, 0.1) is 5.92 Å². The molecule has 34 heavy (non-hydrogen) atoms. The zero-order valence-corrected chi connectivity index (χ0v) is 19.2. The molecular weight excluding hydrogens is 432 g/mol. The van der Waals surface area contributed by atoms with Gasteiger partial charge in [0.15, 0.2) is 0 Å². The fraction of sp³-hybridized carbons (Fsp3) is 0.370. The molecule has 0 spiro atoms. The van der Waals surface area contributed by atoms with Crippen LogP contribution in [0.1, 0.15) is 49.7 Å². The molecule has 2 aromatic rings. The first kappa shape index (κ1) is 23.5. The molecule has 2 amide bonds. The molecule has 7 nitrogen and oxygen atoms in total. The van der Waals surface area contributed by atoms with E-state index in [9.17, 15) is 19.5 Å². The van der Waals surface area contributed by atoms with Gasteiger partial charge in [0.2, 0.25) is 5.91 Å². The molecule has 2 aliphatic rings. The van der Waals surface area contributed by atoms with Crippen LogP contribution in [0, 0.1) is 5.92 Å². The van der Waals surface area contributed by atoms with E-state index in [1.54, 1.807) is 6.08 Å². The Balaban J connectivity index is 1.36. The fourth-order valence-corrected chi connectivity index (χ4v) is 4.82. The minimum atomic E-state index is -0.870. The Kier molecular flexibility index (Phi) is 7.30. The highest BCUT2D eigenvalue weighted by Crippen LogP contribution is 2.44. The number of allylic oxidation sites excluding steroid dienone is 1. The number of carbonyl (C=O) groups excluding carboxylic acids is 2. The molecule has 0 bridgehead atoms. The summed E-state index contributed by atoms with van der Waals surface area (Å²) in [7, 11) is 0. The van der Waals surface area contributed by atoms with Crippen molar-refractivity contribution in [1.82, 2.24) is 10.6 Å². The molecule has 3 N–H and O–H groups in total. The Morgan fingerprint density at radius 2 is 1.71 bits per heavy atom. The third kappa shape index (κ3) is 5.14. The van der Waals surface area contributed by atoms with Gasteiger partial charge in [0, 0.05) is 12.0 Å². The number of fused-ring (bicyclic) bond motifs is 3. The zero-order chi connectivity index (χ0) is 24.1. The summed E-state index contributed by atoms with van der Waals surface area (Å²) in [5.74, 6) is -1.78. The maximum atomic E-state index is 12.8. The van der Waals surface area contributed by atoms with Gasteiger partial charge in [-0.3, -0.25) is 9.59 Å². The van der Waals surface area contributed by atoms with Crippen molar-refractivity contribution in [3.8, 4) is 11.1 Å². The van der Waals surface area contributed by atoms with E-state index >= 15 is 0 Å². The van der Waals surface area contributed by atoms with E-state index in [2.05, 4.69) is 34.9 Å². The molecule has 4 rings (SSSR count). The number of carboxylic acids is 1. The van der Waals surface area contributed by atoms with Crippen LogP contribution >= 0.6 is 0 Å². The standard InChI is InChI=1S/C27H30N2O5/c1-2-8-24(25(30)28-18-10-7-9-17(15-18)26(31)32)29-27(33)34-16-23-21-13-5-3-11-19(21)20-12-4-6-14-22(20)23/h3-7,10-14,17-18,23-24H,2,8-9,15-16H2,1H3,(H,28,30)(H,29,33)(H,31,32)/t17-,18-,24+/m1/s1. The van der Waals surface area contributed by atoms with Crippen LogP contribution in [0.4, 0.5) is 4.79 Å². The largest absolute Gasteiger partial charge is 0.481 e. The van der Waals surface area contributed by atoms with Gasteiger partial charge in [0.1, 0.15) is 12.6 Å². The van der Waals surface area contributed by atoms with Crippen LogP contribution in [-0.2, 0) is 14.3 Å². The minimum Gasteiger partial charge on any atom is -0.481 e. The number of alkyl carbamates (subject to hydrolysis) is 1. The SMILES string of the molecule is CCC[C@H](NC(=O)OCC1c2ccccc2-c2ccccc21)C(=O)N[C@@H]1C=CC[C@@H](C(=O)O)C1. The molecule has 0 fully saturated rings. The second-order valence-electron chi connectivity index (χ2n) is 8.86. The first-order valence-electron chi connectivity index (χ1n) is 11.8. The van der Waals surface area contributed by atoms with Gasteiger partial charge in [-0.2, -0.15) is 0 Å². The first-order valence-corrected chi connectivity index (χ1v) is 11.8. The minimum absolute atomic E-state index is 0.0584. The quantitative estimate of drug-likeness (QED) is 0.509. The smallest absolute Gasteiger partial charge is 0.407 e. The van der Waals surface area contributed by atoms with Gasteiger partial charge >= 0.3 is 12.1 Å². The van der Waals surface area contributed by atoms with E-state index in [4.69, 9.17) is 4.74 Å². The first-order chi connectivity index (χ1) is 16.5. The molecule has 0 aliphatic heterocycles. The Bertz CT molecular complexity index is 1050. The number of rotatable bonds is 8. The number of carbonyl (C=O) groups is 3. The number of aliphatic carboxylic acids is 1. The van der Waals surface area contributed by atoms with Gasteiger partial charge in [-0.25, -0.2) is 4.79 Å². The average molecular weight is 463 g/mol. The van der Waals surface area contributed by atoms with E-state index in [1.807, 2.05) is 37.3 Å². The highest BCUT2D eigenvalue weighted by atomic mass is 16.5. The summed E-state index contributed by atoms with van der Waals surface area (Å²) in [4.78, 5) is 36.8. The van der Waals surface area contributed by atoms with Crippen molar-refractivity contribution in [2.75, 3.05) is 6.61 Å². The van der Waals surface area contributed by atoms with Crippen LogP contribution in [0.3, 0.4) is 0 Å².